The van der Waals surface area contributed by atoms with E-state index in [0.717, 1.165) is 12.0 Å². The van der Waals surface area contributed by atoms with Crippen LogP contribution < -0.4 is 5.32 Å². The molecule has 4 heteroatoms. The van der Waals surface area contributed by atoms with E-state index in [9.17, 15) is 4.21 Å². The molecule has 0 fully saturated rings. The summed E-state index contributed by atoms with van der Waals surface area (Å²) >= 11 is 6.01. The van der Waals surface area contributed by atoms with Crippen LogP contribution in [0.1, 0.15) is 18.9 Å². The molecule has 0 aromatic heterocycles. The Hall–Kier alpha value is -0.380. The van der Waals surface area contributed by atoms with E-state index in [-0.39, 0.29) is 0 Å². The quantitative estimate of drug-likeness (QED) is 0.851. The molecule has 0 saturated heterocycles. The van der Waals surface area contributed by atoms with Crippen LogP contribution >= 0.6 is 11.6 Å². The van der Waals surface area contributed by atoms with Crippen LogP contribution in [-0.2, 0) is 16.6 Å². The lowest BCUT2D eigenvalue weighted by molar-refractivity contribution is 0.591. The SMILES string of the molecule is CNC(C)CCS(=O)Cc1ccccc1Cl. The Morgan fingerprint density at radius 2 is 2.12 bits per heavy atom. The average Bonchev–Trinajstić information content (AvgIpc) is 2.29. The number of rotatable bonds is 6. The summed E-state index contributed by atoms with van der Waals surface area (Å²) in [6.07, 6.45) is 0.924. The molecule has 0 heterocycles. The van der Waals surface area contributed by atoms with Gasteiger partial charge in [-0.3, -0.25) is 4.21 Å². The minimum Gasteiger partial charge on any atom is -0.317 e. The van der Waals surface area contributed by atoms with E-state index < -0.39 is 10.8 Å². The van der Waals surface area contributed by atoms with Crippen molar-refractivity contribution in [2.45, 2.75) is 25.1 Å². The van der Waals surface area contributed by atoms with E-state index in [1.165, 1.54) is 0 Å². The molecule has 1 rings (SSSR count). The predicted octanol–water partition coefficient (Wildman–Crippen LogP) is 2.59. The Bertz CT molecular complexity index is 357. The molecule has 1 aromatic rings. The Kier molecular flexibility index (Phi) is 6.03. The summed E-state index contributed by atoms with van der Waals surface area (Å²) in [4.78, 5) is 0. The van der Waals surface area contributed by atoms with Gasteiger partial charge in [-0.25, -0.2) is 0 Å². The second-order valence-electron chi connectivity index (χ2n) is 3.86. The van der Waals surface area contributed by atoms with Gasteiger partial charge in [0.05, 0.1) is 0 Å². The fourth-order valence-electron chi connectivity index (χ4n) is 1.31. The lowest BCUT2D eigenvalue weighted by Gasteiger charge is -2.09. The maximum absolute atomic E-state index is 11.8. The highest BCUT2D eigenvalue weighted by molar-refractivity contribution is 7.84. The van der Waals surface area contributed by atoms with Crippen LogP contribution in [0.2, 0.25) is 5.02 Å². The Morgan fingerprint density at radius 3 is 2.75 bits per heavy atom. The Labute approximate surface area is 105 Å². The lowest BCUT2D eigenvalue weighted by atomic mass is 10.2. The molecule has 0 radical (unpaired) electrons. The van der Waals surface area contributed by atoms with Gasteiger partial charge >= 0.3 is 0 Å². The molecule has 0 aliphatic heterocycles. The van der Waals surface area contributed by atoms with E-state index in [2.05, 4.69) is 12.2 Å². The van der Waals surface area contributed by atoms with Crippen molar-refractivity contribution in [2.24, 2.45) is 0 Å². The molecular weight excluding hydrogens is 242 g/mol. The number of hydrogen-bond donors (Lipinski definition) is 1. The van der Waals surface area contributed by atoms with Crippen molar-refractivity contribution in [1.82, 2.24) is 5.32 Å². The third-order valence-electron chi connectivity index (χ3n) is 2.55. The molecule has 90 valence electrons. The number of nitrogens with one attached hydrogen (secondary N) is 1. The third kappa shape index (κ3) is 4.64. The van der Waals surface area contributed by atoms with Crippen molar-refractivity contribution in [3.63, 3.8) is 0 Å². The fraction of sp³-hybridized carbons (Fsp3) is 0.500. The van der Waals surface area contributed by atoms with E-state index in [1.807, 2.05) is 31.3 Å². The maximum atomic E-state index is 11.8. The van der Waals surface area contributed by atoms with Crippen molar-refractivity contribution in [1.29, 1.82) is 0 Å². The largest absolute Gasteiger partial charge is 0.317 e. The standard InChI is InChI=1S/C12H18ClNOS/c1-10(14-2)7-8-16(15)9-11-5-3-4-6-12(11)13/h3-6,10,14H,7-9H2,1-2H3. The van der Waals surface area contributed by atoms with Gasteiger partial charge in [0.15, 0.2) is 0 Å². The first-order valence-corrected chi connectivity index (χ1v) is 7.25. The number of benzene rings is 1. The van der Waals surface area contributed by atoms with Gasteiger partial charge in [-0.1, -0.05) is 29.8 Å². The van der Waals surface area contributed by atoms with Crippen LogP contribution in [0, 0.1) is 0 Å². The zero-order chi connectivity index (χ0) is 12.0. The summed E-state index contributed by atoms with van der Waals surface area (Å²) in [6.45, 7) is 2.09. The summed E-state index contributed by atoms with van der Waals surface area (Å²) in [5.74, 6) is 1.27. The highest BCUT2D eigenvalue weighted by Gasteiger charge is 2.06. The minimum absolute atomic E-state index is 0.412. The summed E-state index contributed by atoms with van der Waals surface area (Å²) in [6, 6.07) is 7.99. The van der Waals surface area contributed by atoms with Crippen LogP contribution in [0.3, 0.4) is 0 Å². The number of hydrogen-bond acceptors (Lipinski definition) is 2. The van der Waals surface area contributed by atoms with E-state index in [0.29, 0.717) is 22.6 Å². The molecule has 0 aliphatic carbocycles. The predicted molar refractivity (Wildman–Crippen MR) is 71.3 cm³/mol. The second-order valence-corrected chi connectivity index (χ2v) is 5.84. The van der Waals surface area contributed by atoms with Crippen molar-refractivity contribution < 1.29 is 4.21 Å². The van der Waals surface area contributed by atoms with E-state index >= 15 is 0 Å². The third-order valence-corrected chi connectivity index (χ3v) is 4.24. The van der Waals surface area contributed by atoms with Crippen molar-refractivity contribution in [3.05, 3.63) is 34.9 Å². The van der Waals surface area contributed by atoms with Crippen LogP contribution in [-0.4, -0.2) is 23.1 Å². The Morgan fingerprint density at radius 1 is 1.44 bits per heavy atom. The van der Waals surface area contributed by atoms with Crippen LogP contribution in [0.25, 0.3) is 0 Å². The van der Waals surface area contributed by atoms with Gasteiger partial charge in [-0.15, -0.1) is 0 Å². The molecule has 0 spiro atoms. The van der Waals surface area contributed by atoms with Gasteiger partial charge in [0, 0.05) is 33.4 Å². The molecule has 2 unspecified atom stereocenters. The average molecular weight is 260 g/mol. The van der Waals surface area contributed by atoms with Gasteiger partial charge in [-0.05, 0) is 32.0 Å². The Balaban J connectivity index is 2.43. The van der Waals surface area contributed by atoms with Crippen molar-refractivity contribution >= 4 is 22.4 Å². The second kappa shape index (κ2) is 7.05. The normalized spacial score (nSPS) is 14.7. The number of halogens is 1. The highest BCUT2D eigenvalue weighted by atomic mass is 35.5. The van der Waals surface area contributed by atoms with Gasteiger partial charge in [0.1, 0.15) is 0 Å². The van der Waals surface area contributed by atoms with Gasteiger partial charge < -0.3 is 5.32 Å². The molecule has 2 atom stereocenters. The van der Waals surface area contributed by atoms with Crippen LogP contribution in [0.4, 0.5) is 0 Å². The van der Waals surface area contributed by atoms with Gasteiger partial charge in [-0.2, -0.15) is 0 Å². The molecule has 16 heavy (non-hydrogen) atoms. The van der Waals surface area contributed by atoms with Crippen LogP contribution in [0.15, 0.2) is 24.3 Å². The van der Waals surface area contributed by atoms with Gasteiger partial charge in [0.2, 0.25) is 0 Å². The molecule has 1 aromatic carbocycles. The first kappa shape index (κ1) is 13.7. The summed E-state index contributed by atoms with van der Waals surface area (Å²) < 4.78 is 11.8. The lowest BCUT2D eigenvalue weighted by Crippen LogP contribution is -2.23. The smallest absolute Gasteiger partial charge is 0.0500 e. The van der Waals surface area contributed by atoms with Crippen molar-refractivity contribution in [2.75, 3.05) is 12.8 Å². The summed E-state index contributed by atoms with van der Waals surface area (Å²) in [5.41, 5.74) is 0.972. The van der Waals surface area contributed by atoms with Crippen molar-refractivity contribution in [3.8, 4) is 0 Å². The van der Waals surface area contributed by atoms with Crippen LogP contribution in [0.5, 0.6) is 0 Å². The summed E-state index contributed by atoms with van der Waals surface area (Å²) in [5, 5.41) is 3.84. The molecule has 0 aliphatic rings. The maximum Gasteiger partial charge on any atom is 0.0500 e. The molecular formula is C12H18ClNOS. The minimum atomic E-state index is -0.828. The molecule has 0 bridgehead atoms. The zero-order valence-corrected chi connectivity index (χ0v) is 11.3. The molecule has 0 saturated carbocycles. The molecule has 2 nitrogen and oxygen atoms in total. The topological polar surface area (TPSA) is 29.1 Å². The van der Waals surface area contributed by atoms with Gasteiger partial charge in [0.25, 0.3) is 0 Å². The first-order valence-electron chi connectivity index (χ1n) is 5.39. The van der Waals surface area contributed by atoms with E-state index in [4.69, 9.17) is 11.6 Å². The molecule has 1 N–H and O–H groups in total. The highest BCUT2D eigenvalue weighted by Crippen LogP contribution is 2.16. The monoisotopic (exact) mass is 259 g/mol. The summed E-state index contributed by atoms with van der Waals surface area (Å²) in [7, 11) is 1.09. The zero-order valence-electron chi connectivity index (χ0n) is 9.70. The fourth-order valence-corrected chi connectivity index (χ4v) is 2.95. The van der Waals surface area contributed by atoms with E-state index in [1.54, 1.807) is 0 Å². The molecule has 0 amide bonds. The first-order chi connectivity index (χ1) is 7.63.